The van der Waals surface area contributed by atoms with Crippen LogP contribution in [0, 0.1) is 26.6 Å². The second-order valence-corrected chi connectivity index (χ2v) is 8.96. The summed E-state index contributed by atoms with van der Waals surface area (Å²) in [6, 6.07) is 8.71. The zero-order chi connectivity index (χ0) is 20.6. The van der Waals surface area contributed by atoms with Crippen molar-refractivity contribution in [3.63, 3.8) is 0 Å². The number of aryl methyl sites for hydroxylation is 3. The summed E-state index contributed by atoms with van der Waals surface area (Å²) in [5.74, 6) is -1.48. The van der Waals surface area contributed by atoms with Gasteiger partial charge in [0.15, 0.2) is 0 Å². The maximum atomic E-state index is 14.3. The molecule has 0 aromatic heterocycles. The summed E-state index contributed by atoms with van der Waals surface area (Å²) in [4.78, 5) is 14.1. The lowest BCUT2D eigenvalue weighted by molar-refractivity contribution is 0.0977. The average molecular weight is 406 g/mol. The normalized spacial score (nSPS) is 14.5. The van der Waals surface area contributed by atoms with Gasteiger partial charge < -0.3 is 9.64 Å². The van der Waals surface area contributed by atoms with Crippen molar-refractivity contribution in [3.8, 4) is 5.75 Å². The second kappa shape index (κ2) is 7.43. The lowest BCUT2D eigenvalue weighted by atomic mass is 10.1. The van der Waals surface area contributed by atoms with Crippen LogP contribution < -0.4 is 14.4 Å². The minimum absolute atomic E-state index is 0.0876. The van der Waals surface area contributed by atoms with Crippen molar-refractivity contribution in [1.29, 1.82) is 0 Å². The Kier molecular flexibility index (Phi) is 5.34. The number of anilines is 1. The molecule has 1 aliphatic rings. The fraction of sp³-hybridized carbons (Fsp3) is 0.350. The third kappa shape index (κ3) is 4.44. The molecule has 0 unspecified atom stereocenters. The summed E-state index contributed by atoms with van der Waals surface area (Å²) in [7, 11) is -3.77. The van der Waals surface area contributed by atoms with Gasteiger partial charge in [0, 0.05) is 11.8 Å². The van der Waals surface area contributed by atoms with Gasteiger partial charge in [0.05, 0.1) is 24.9 Å². The largest absolute Gasteiger partial charge is 0.486 e. The molecule has 1 amide bonds. The van der Waals surface area contributed by atoms with Gasteiger partial charge in [-0.15, -0.1) is 0 Å². The van der Waals surface area contributed by atoms with Crippen molar-refractivity contribution >= 4 is 21.6 Å². The number of nitrogens with one attached hydrogen (secondary N) is 1. The van der Waals surface area contributed by atoms with E-state index in [2.05, 4.69) is 36.9 Å². The number of amides is 1. The molecule has 3 rings (SSSR count). The Morgan fingerprint density at radius 3 is 2.39 bits per heavy atom. The Hall–Kier alpha value is -2.61. The molecule has 150 valence electrons. The summed E-state index contributed by atoms with van der Waals surface area (Å²) in [5.41, 5.74) is 3.81. The van der Waals surface area contributed by atoms with E-state index in [4.69, 9.17) is 4.74 Å². The number of carbonyl (C=O) groups excluding carboxylic acids is 1. The van der Waals surface area contributed by atoms with Crippen LogP contribution in [0.15, 0.2) is 30.3 Å². The second-order valence-electron chi connectivity index (χ2n) is 7.21. The maximum absolute atomic E-state index is 14.3. The molecule has 0 saturated carbocycles. The zero-order valence-corrected chi connectivity index (χ0v) is 17.1. The Bertz CT molecular complexity index is 1030. The highest BCUT2D eigenvalue weighted by Crippen LogP contribution is 2.29. The molecule has 28 heavy (non-hydrogen) atoms. The highest BCUT2D eigenvalue weighted by molar-refractivity contribution is 7.89. The molecule has 1 heterocycles. The van der Waals surface area contributed by atoms with E-state index in [1.54, 1.807) is 11.6 Å². The van der Waals surface area contributed by atoms with Gasteiger partial charge in [-0.2, -0.15) is 0 Å². The van der Waals surface area contributed by atoms with Crippen LogP contribution in [-0.4, -0.2) is 39.8 Å². The zero-order valence-electron chi connectivity index (χ0n) is 16.2. The molecule has 0 bridgehead atoms. The van der Waals surface area contributed by atoms with E-state index in [-0.39, 0.29) is 11.7 Å². The van der Waals surface area contributed by atoms with Gasteiger partial charge in [-0.05, 0) is 55.7 Å². The third-order valence-corrected chi connectivity index (χ3v) is 5.34. The van der Waals surface area contributed by atoms with Crippen LogP contribution in [0.3, 0.4) is 0 Å². The monoisotopic (exact) mass is 406 g/mol. The predicted octanol–water partition coefficient (Wildman–Crippen LogP) is 2.71. The molecule has 1 fully saturated rings. The lowest BCUT2D eigenvalue weighted by Gasteiger charge is -2.41. The Labute approximate surface area is 164 Å². The van der Waals surface area contributed by atoms with Crippen LogP contribution in [0.1, 0.15) is 27.0 Å². The third-order valence-electron chi connectivity index (χ3n) is 4.78. The highest BCUT2D eigenvalue weighted by atomic mass is 32.2. The summed E-state index contributed by atoms with van der Waals surface area (Å²) in [6.45, 7) is 7.18. The van der Waals surface area contributed by atoms with Crippen LogP contribution in [-0.2, 0) is 10.0 Å². The molecule has 6 nitrogen and oxygen atoms in total. The van der Waals surface area contributed by atoms with E-state index >= 15 is 0 Å². The first-order valence-corrected chi connectivity index (χ1v) is 10.7. The van der Waals surface area contributed by atoms with Gasteiger partial charge in [-0.25, -0.2) is 17.5 Å². The predicted molar refractivity (Wildman–Crippen MR) is 106 cm³/mol. The van der Waals surface area contributed by atoms with Crippen LogP contribution in [0.25, 0.3) is 0 Å². The average Bonchev–Trinajstić information content (AvgIpc) is 2.54. The molecule has 0 atom stereocenters. The first-order chi connectivity index (χ1) is 13.0. The van der Waals surface area contributed by atoms with Gasteiger partial charge in [0.1, 0.15) is 17.7 Å². The van der Waals surface area contributed by atoms with Crippen LogP contribution in [0.2, 0.25) is 0 Å². The number of hydrogen-bond donors (Lipinski definition) is 1. The minimum atomic E-state index is -3.77. The number of rotatable bonds is 5. The molecule has 1 saturated heterocycles. The van der Waals surface area contributed by atoms with E-state index in [9.17, 15) is 17.6 Å². The van der Waals surface area contributed by atoms with Crippen LogP contribution in [0.4, 0.5) is 10.1 Å². The minimum Gasteiger partial charge on any atom is -0.486 e. The first-order valence-electron chi connectivity index (χ1n) is 8.84. The molecule has 0 radical (unpaired) electrons. The summed E-state index contributed by atoms with van der Waals surface area (Å²) < 4.78 is 44.3. The van der Waals surface area contributed by atoms with Crippen molar-refractivity contribution in [2.75, 3.05) is 24.2 Å². The standard InChI is InChI=1S/C20H23FN2O4S/c1-12-5-6-15(7-13(12)2)23-10-16(11-23)27-19-9-18(21)17(8-14(19)3)20(24)22-28(4,25)26/h5-9,16H,10-11H2,1-4H3,(H,22,24). The summed E-state index contributed by atoms with van der Waals surface area (Å²) in [6.07, 6.45) is 0.751. The molecular formula is C20H23FN2O4S. The van der Waals surface area contributed by atoms with Gasteiger partial charge in [-0.3, -0.25) is 4.79 Å². The van der Waals surface area contributed by atoms with Gasteiger partial charge in [-0.1, -0.05) is 6.07 Å². The number of ether oxygens (including phenoxy) is 1. The Morgan fingerprint density at radius 1 is 1.11 bits per heavy atom. The van der Waals surface area contributed by atoms with E-state index in [1.807, 2.05) is 0 Å². The first kappa shape index (κ1) is 20.1. The number of benzene rings is 2. The fourth-order valence-electron chi connectivity index (χ4n) is 3.01. The van der Waals surface area contributed by atoms with Crippen molar-refractivity contribution in [3.05, 3.63) is 58.4 Å². The van der Waals surface area contributed by atoms with E-state index in [0.29, 0.717) is 24.4 Å². The van der Waals surface area contributed by atoms with E-state index in [1.165, 1.54) is 17.2 Å². The molecule has 2 aromatic rings. The molecule has 0 aliphatic carbocycles. The van der Waals surface area contributed by atoms with Gasteiger partial charge in [0.25, 0.3) is 5.91 Å². The van der Waals surface area contributed by atoms with E-state index in [0.717, 1.165) is 18.0 Å². The number of halogens is 1. The summed E-state index contributed by atoms with van der Waals surface area (Å²) in [5, 5.41) is 0. The molecule has 0 spiro atoms. The molecular weight excluding hydrogens is 383 g/mol. The molecule has 8 heteroatoms. The quantitative estimate of drug-likeness (QED) is 0.826. The van der Waals surface area contributed by atoms with Crippen molar-refractivity contribution in [2.24, 2.45) is 0 Å². The maximum Gasteiger partial charge on any atom is 0.267 e. The lowest BCUT2D eigenvalue weighted by Crippen LogP contribution is -2.54. The number of carbonyl (C=O) groups is 1. The SMILES string of the molecule is Cc1ccc(N2CC(Oc3cc(F)c(C(=O)NS(C)(=O)=O)cc3C)C2)cc1C. The van der Waals surface area contributed by atoms with Crippen molar-refractivity contribution in [1.82, 2.24) is 4.72 Å². The number of nitrogens with zero attached hydrogens (tertiary/aromatic N) is 1. The molecule has 1 N–H and O–H groups in total. The Morgan fingerprint density at radius 2 is 1.79 bits per heavy atom. The fourth-order valence-corrected chi connectivity index (χ4v) is 3.46. The van der Waals surface area contributed by atoms with Crippen LogP contribution >= 0.6 is 0 Å². The molecule has 1 aliphatic heterocycles. The Balaban J connectivity index is 1.66. The number of hydrogen-bond acceptors (Lipinski definition) is 5. The van der Waals surface area contributed by atoms with Crippen LogP contribution in [0.5, 0.6) is 5.75 Å². The van der Waals surface area contributed by atoms with E-state index < -0.39 is 21.7 Å². The van der Waals surface area contributed by atoms with Crippen molar-refractivity contribution < 1.29 is 22.3 Å². The summed E-state index contributed by atoms with van der Waals surface area (Å²) >= 11 is 0. The molecule has 2 aromatic carbocycles. The highest BCUT2D eigenvalue weighted by Gasteiger charge is 2.30. The van der Waals surface area contributed by atoms with Crippen molar-refractivity contribution in [2.45, 2.75) is 26.9 Å². The van der Waals surface area contributed by atoms with Gasteiger partial charge in [0.2, 0.25) is 10.0 Å². The smallest absolute Gasteiger partial charge is 0.267 e. The van der Waals surface area contributed by atoms with Gasteiger partial charge >= 0.3 is 0 Å². The topological polar surface area (TPSA) is 75.7 Å². The number of sulfonamides is 1.